The average Bonchev–Trinajstić information content (AvgIpc) is 2.35. The van der Waals surface area contributed by atoms with Gasteiger partial charge in [-0.2, -0.15) is 0 Å². The number of amides is 1. The van der Waals surface area contributed by atoms with Crippen molar-refractivity contribution >= 4 is 11.6 Å². The third-order valence-corrected chi connectivity index (χ3v) is 2.62. The first-order valence-corrected chi connectivity index (χ1v) is 5.74. The molecule has 0 saturated carbocycles. The van der Waals surface area contributed by atoms with E-state index in [0.29, 0.717) is 0 Å². The number of hydrogen-bond donors (Lipinski definition) is 1. The van der Waals surface area contributed by atoms with Crippen molar-refractivity contribution in [2.45, 2.75) is 19.9 Å². The molecule has 0 spiro atoms. The molecule has 0 aliphatic carbocycles. The van der Waals surface area contributed by atoms with Crippen molar-refractivity contribution in [3.05, 3.63) is 39.7 Å². The van der Waals surface area contributed by atoms with Crippen molar-refractivity contribution in [3.63, 3.8) is 0 Å². The molecule has 0 atom stereocenters. The summed E-state index contributed by atoms with van der Waals surface area (Å²) in [6.07, 6.45) is 0. The summed E-state index contributed by atoms with van der Waals surface area (Å²) in [5.74, 6) is -1.50. The molecule has 1 N–H and O–H groups in total. The molecule has 104 valence electrons. The number of nitro groups is 1. The molecule has 0 aromatic heterocycles. The van der Waals surface area contributed by atoms with Gasteiger partial charge in [-0.3, -0.25) is 14.9 Å². The Morgan fingerprint density at radius 2 is 2.16 bits per heavy atom. The number of halogens is 1. The van der Waals surface area contributed by atoms with Crippen LogP contribution in [0.3, 0.4) is 0 Å². The van der Waals surface area contributed by atoms with E-state index in [1.54, 1.807) is 13.8 Å². The van der Waals surface area contributed by atoms with E-state index in [4.69, 9.17) is 5.11 Å². The summed E-state index contributed by atoms with van der Waals surface area (Å²) in [5.41, 5.74) is -0.714. The first-order chi connectivity index (χ1) is 8.88. The van der Waals surface area contributed by atoms with Crippen molar-refractivity contribution in [3.8, 4) is 0 Å². The fourth-order valence-corrected chi connectivity index (χ4v) is 1.65. The van der Waals surface area contributed by atoms with Crippen LogP contribution >= 0.6 is 0 Å². The number of rotatable bonds is 5. The van der Waals surface area contributed by atoms with Gasteiger partial charge in [0.25, 0.3) is 11.6 Å². The van der Waals surface area contributed by atoms with Crippen LogP contribution in [0.1, 0.15) is 24.2 Å². The Kier molecular flexibility index (Phi) is 4.94. The molecular formula is C12H15FN2O4. The summed E-state index contributed by atoms with van der Waals surface area (Å²) in [5, 5.41) is 19.5. The zero-order valence-corrected chi connectivity index (χ0v) is 10.7. The number of nitrogens with zero attached hydrogens (tertiary/aromatic N) is 2. The van der Waals surface area contributed by atoms with Gasteiger partial charge < -0.3 is 10.0 Å². The molecule has 1 aromatic carbocycles. The maximum absolute atomic E-state index is 13.6. The predicted molar refractivity (Wildman–Crippen MR) is 66.3 cm³/mol. The molecule has 7 heteroatoms. The van der Waals surface area contributed by atoms with Crippen molar-refractivity contribution in [1.82, 2.24) is 4.90 Å². The van der Waals surface area contributed by atoms with Crippen LogP contribution in [0, 0.1) is 15.9 Å². The number of aliphatic hydroxyl groups excluding tert-OH is 1. The molecule has 1 aromatic rings. The van der Waals surface area contributed by atoms with Gasteiger partial charge in [0.2, 0.25) is 0 Å². The Bertz CT molecular complexity index is 491. The molecule has 0 heterocycles. The van der Waals surface area contributed by atoms with Gasteiger partial charge in [0.15, 0.2) is 0 Å². The smallest absolute Gasteiger partial charge is 0.270 e. The van der Waals surface area contributed by atoms with Crippen LogP contribution < -0.4 is 0 Å². The largest absolute Gasteiger partial charge is 0.395 e. The second-order valence-electron chi connectivity index (χ2n) is 4.24. The zero-order chi connectivity index (χ0) is 14.6. The van der Waals surface area contributed by atoms with E-state index in [2.05, 4.69) is 0 Å². The molecule has 0 fully saturated rings. The van der Waals surface area contributed by atoms with Crippen LogP contribution in [-0.4, -0.2) is 40.0 Å². The van der Waals surface area contributed by atoms with Crippen molar-refractivity contribution in [1.29, 1.82) is 0 Å². The summed E-state index contributed by atoms with van der Waals surface area (Å²) in [4.78, 5) is 23.3. The van der Waals surface area contributed by atoms with E-state index in [9.17, 15) is 19.3 Å². The zero-order valence-electron chi connectivity index (χ0n) is 10.7. The van der Waals surface area contributed by atoms with E-state index in [1.165, 1.54) is 4.90 Å². The van der Waals surface area contributed by atoms with E-state index in [-0.39, 0.29) is 30.4 Å². The van der Waals surface area contributed by atoms with Gasteiger partial charge in [-0.15, -0.1) is 0 Å². The molecule has 1 amide bonds. The lowest BCUT2D eigenvalue weighted by atomic mass is 10.1. The van der Waals surface area contributed by atoms with Crippen LogP contribution in [0.4, 0.5) is 10.1 Å². The van der Waals surface area contributed by atoms with E-state index in [1.807, 2.05) is 0 Å². The number of carbonyl (C=O) groups is 1. The lowest BCUT2D eigenvalue weighted by Gasteiger charge is -2.26. The summed E-state index contributed by atoms with van der Waals surface area (Å²) in [7, 11) is 0. The van der Waals surface area contributed by atoms with Crippen molar-refractivity contribution < 1.29 is 19.2 Å². The van der Waals surface area contributed by atoms with Gasteiger partial charge in [-0.1, -0.05) is 0 Å². The predicted octanol–water partition coefficient (Wildman–Crippen LogP) is 1.58. The van der Waals surface area contributed by atoms with Crippen LogP contribution in [0.15, 0.2) is 18.2 Å². The molecule has 6 nitrogen and oxygen atoms in total. The fourth-order valence-electron chi connectivity index (χ4n) is 1.65. The Morgan fingerprint density at radius 1 is 1.53 bits per heavy atom. The van der Waals surface area contributed by atoms with E-state index in [0.717, 1.165) is 18.2 Å². The topological polar surface area (TPSA) is 83.7 Å². The SMILES string of the molecule is CC(C)N(CCO)C(=O)c1cc([N+](=O)[O-])ccc1F. The second-order valence-corrected chi connectivity index (χ2v) is 4.24. The number of benzene rings is 1. The molecule has 1 rings (SSSR count). The second kappa shape index (κ2) is 6.24. The molecular weight excluding hydrogens is 255 g/mol. The summed E-state index contributed by atoms with van der Waals surface area (Å²) in [6.45, 7) is 3.20. The Hall–Kier alpha value is -2.02. The van der Waals surface area contributed by atoms with Crippen LogP contribution in [0.2, 0.25) is 0 Å². The molecule has 0 aliphatic heterocycles. The Morgan fingerprint density at radius 3 is 2.63 bits per heavy atom. The third-order valence-electron chi connectivity index (χ3n) is 2.62. The number of aliphatic hydroxyl groups is 1. The van der Waals surface area contributed by atoms with Gasteiger partial charge in [-0.25, -0.2) is 4.39 Å². The number of nitro benzene ring substituents is 1. The van der Waals surface area contributed by atoms with E-state index >= 15 is 0 Å². The summed E-state index contributed by atoms with van der Waals surface area (Å²) in [6, 6.07) is 2.55. The standard InChI is InChI=1S/C12H15FN2O4/c1-8(2)14(5-6-16)12(17)10-7-9(15(18)19)3-4-11(10)13/h3-4,7-8,16H,5-6H2,1-2H3. The molecule has 0 saturated heterocycles. The summed E-state index contributed by atoms with van der Waals surface area (Å²) >= 11 is 0. The van der Waals surface area contributed by atoms with Crippen molar-refractivity contribution in [2.75, 3.05) is 13.2 Å². The quantitative estimate of drug-likeness (QED) is 0.650. The van der Waals surface area contributed by atoms with Crippen molar-refractivity contribution in [2.24, 2.45) is 0 Å². The van der Waals surface area contributed by atoms with Gasteiger partial charge in [0.1, 0.15) is 5.82 Å². The van der Waals surface area contributed by atoms with Gasteiger partial charge in [0.05, 0.1) is 17.1 Å². The van der Waals surface area contributed by atoms with Crippen LogP contribution in [-0.2, 0) is 0 Å². The van der Waals surface area contributed by atoms with Crippen LogP contribution in [0.5, 0.6) is 0 Å². The van der Waals surface area contributed by atoms with Gasteiger partial charge >= 0.3 is 0 Å². The first kappa shape index (κ1) is 15.0. The highest BCUT2D eigenvalue weighted by Crippen LogP contribution is 2.19. The van der Waals surface area contributed by atoms with Gasteiger partial charge in [0, 0.05) is 24.7 Å². The molecule has 0 unspecified atom stereocenters. The third kappa shape index (κ3) is 3.47. The van der Waals surface area contributed by atoms with E-state index < -0.39 is 16.6 Å². The number of carbonyl (C=O) groups excluding carboxylic acids is 1. The highest BCUT2D eigenvalue weighted by Gasteiger charge is 2.23. The molecule has 19 heavy (non-hydrogen) atoms. The fraction of sp³-hybridized carbons (Fsp3) is 0.417. The highest BCUT2D eigenvalue weighted by atomic mass is 19.1. The molecule has 0 aliphatic rings. The summed E-state index contributed by atoms with van der Waals surface area (Å²) < 4.78 is 13.6. The lowest BCUT2D eigenvalue weighted by Crippen LogP contribution is -2.39. The Labute approximate surface area is 109 Å². The highest BCUT2D eigenvalue weighted by molar-refractivity contribution is 5.95. The number of hydrogen-bond acceptors (Lipinski definition) is 4. The maximum atomic E-state index is 13.6. The molecule has 0 radical (unpaired) electrons. The van der Waals surface area contributed by atoms with Gasteiger partial charge in [-0.05, 0) is 19.9 Å². The normalized spacial score (nSPS) is 10.6. The average molecular weight is 270 g/mol. The monoisotopic (exact) mass is 270 g/mol. The minimum absolute atomic E-state index is 0.0403. The van der Waals surface area contributed by atoms with Crippen LogP contribution in [0.25, 0.3) is 0 Å². The minimum atomic E-state index is -0.820. The Balaban J connectivity index is 3.16. The molecule has 0 bridgehead atoms. The lowest BCUT2D eigenvalue weighted by molar-refractivity contribution is -0.384. The number of non-ortho nitro benzene ring substituents is 1. The first-order valence-electron chi connectivity index (χ1n) is 5.74. The minimum Gasteiger partial charge on any atom is -0.395 e. The maximum Gasteiger partial charge on any atom is 0.270 e.